The molecule has 0 saturated carbocycles. The second kappa shape index (κ2) is 5.39. The summed E-state index contributed by atoms with van der Waals surface area (Å²) in [4.78, 5) is 2.36. The summed E-state index contributed by atoms with van der Waals surface area (Å²) >= 11 is 9.59. The third kappa shape index (κ3) is 3.12. The summed E-state index contributed by atoms with van der Waals surface area (Å²) in [7, 11) is 2.16. The summed E-state index contributed by atoms with van der Waals surface area (Å²) in [6, 6.07) is 6.48. The lowest BCUT2D eigenvalue weighted by Gasteiger charge is -2.31. The molecule has 1 aromatic carbocycles. The molecule has 0 bridgehead atoms. The molecule has 1 aliphatic rings. The Labute approximate surface area is 110 Å². The van der Waals surface area contributed by atoms with Crippen LogP contribution in [-0.2, 0) is 0 Å². The number of hydrogen-bond acceptors (Lipinski definition) is 2. The molecule has 0 radical (unpaired) electrons. The molecule has 1 N–H and O–H groups in total. The predicted octanol–water partition coefficient (Wildman–Crippen LogP) is 3.61. The Morgan fingerprint density at radius 3 is 3.00 bits per heavy atom. The van der Waals surface area contributed by atoms with Crippen molar-refractivity contribution < 1.29 is 0 Å². The Kier molecular flexibility index (Phi) is 4.11. The number of nitrogens with zero attached hydrogens (tertiary/aromatic N) is 1. The smallest absolute Gasteiger partial charge is 0.0648 e. The molecule has 1 aromatic rings. The van der Waals surface area contributed by atoms with Crippen molar-refractivity contribution >= 4 is 33.2 Å². The number of rotatable bonds is 2. The van der Waals surface area contributed by atoms with Crippen LogP contribution < -0.4 is 5.32 Å². The molecule has 2 rings (SSSR count). The average Bonchev–Trinajstić information content (AvgIpc) is 2.22. The zero-order valence-corrected chi connectivity index (χ0v) is 11.7. The molecular weight excluding hydrogens is 288 g/mol. The van der Waals surface area contributed by atoms with Crippen LogP contribution in [0.25, 0.3) is 0 Å². The Balaban J connectivity index is 2.02. The molecule has 0 spiro atoms. The molecular formula is C12H16BrClN2. The largest absolute Gasteiger partial charge is 0.380 e. The summed E-state index contributed by atoms with van der Waals surface area (Å²) in [5.41, 5.74) is 1.03. The van der Waals surface area contributed by atoms with Crippen LogP contribution in [0, 0.1) is 0 Å². The quantitative estimate of drug-likeness (QED) is 0.898. The minimum atomic E-state index is 0.512. The lowest BCUT2D eigenvalue weighted by atomic mass is 10.1. The minimum absolute atomic E-state index is 0.512. The third-order valence-corrected chi connectivity index (χ3v) is 3.72. The van der Waals surface area contributed by atoms with E-state index >= 15 is 0 Å². The lowest BCUT2D eigenvalue weighted by molar-refractivity contribution is 0.261. The number of hydrogen-bond donors (Lipinski definition) is 1. The highest BCUT2D eigenvalue weighted by molar-refractivity contribution is 9.10. The van der Waals surface area contributed by atoms with Crippen LogP contribution in [0.1, 0.15) is 12.8 Å². The van der Waals surface area contributed by atoms with E-state index in [0.717, 1.165) is 21.7 Å². The van der Waals surface area contributed by atoms with Gasteiger partial charge in [0.15, 0.2) is 0 Å². The van der Waals surface area contributed by atoms with Crippen LogP contribution in [0.15, 0.2) is 22.7 Å². The number of benzene rings is 1. The van der Waals surface area contributed by atoms with Gasteiger partial charge in [-0.05, 0) is 44.6 Å². The zero-order chi connectivity index (χ0) is 11.5. The van der Waals surface area contributed by atoms with Crippen LogP contribution >= 0.6 is 27.5 Å². The van der Waals surface area contributed by atoms with E-state index in [9.17, 15) is 0 Å². The molecule has 1 fully saturated rings. The van der Waals surface area contributed by atoms with Gasteiger partial charge in [-0.1, -0.05) is 27.5 Å². The van der Waals surface area contributed by atoms with Crippen molar-refractivity contribution in [3.63, 3.8) is 0 Å². The second-order valence-electron chi connectivity index (χ2n) is 4.37. The highest BCUT2D eigenvalue weighted by Crippen LogP contribution is 2.27. The maximum atomic E-state index is 6.18. The summed E-state index contributed by atoms with van der Waals surface area (Å²) in [6.45, 7) is 2.29. The molecule has 88 valence electrons. The van der Waals surface area contributed by atoms with Gasteiger partial charge in [0, 0.05) is 17.1 Å². The van der Waals surface area contributed by atoms with Gasteiger partial charge in [0.05, 0.1) is 10.7 Å². The van der Waals surface area contributed by atoms with Gasteiger partial charge in [-0.15, -0.1) is 0 Å². The van der Waals surface area contributed by atoms with Gasteiger partial charge >= 0.3 is 0 Å². The first kappa shape index (κ1) is 12.2. The van der Waals surface area contributed by atoms with E-state index in [-0.39, 0.29) is 0 Å². The number of halogens is 2. The average molecular weight is 304 g/mol. The zero-order valence-electron chi connectivity index (χ0n) is 9.34. The third-order valence-electron chi connectivity index (χ3n) is 2.92. The monoisotopic (exact) mass is 302 g/mol. The van der Waals surface area contributed by atoms with Crippen molar-refractivity contribution in [2.24, 2.45) is 0 Å². The van der Waals surface area contributed by atoms with E-state index in [1.54, 1.807) is 0 Å². The van der Waals surface area contributed by atoms with Crippen molar-refractivity contribution in [1.82, 2.24) is 4.90 Å². The molecule has 0 amide bonds. The Morgan fingerprint density at radius 2 is 2.31 bits per heavy atom. The van der Waals surface area contributed by atoms with Gasteiger partial charge in [0.25, 0.3) is 0 Å². The Hall–Kier alpha value is -0.250. The standard InChI is InChI=1S/C12H16BrClN2/c1-16-6-2-3-10(8-16)15-12-5-4-9(13)7-11(12)14/h4-5,7,10,15H,2-3,6,8H2,1H3. The highest BCUT2D eigenvalue weighted by atomic mass is 79.9. The maximum absolute atomic E-state index is 6.18. The molecule has 0 aliphatic carbocycles. The van der Waals surface area contributed by atoms with Crippen LogP contribution in [0.2, 0.25) is 5.02 Å². The van der Waals surface area contributed by atoms with Crippen LogP contribution in [0.5, 0.6) is 0 Å². The van der Waals surface area contributed by atoms with Crippen molar-refractivity contribution in [2.75, 3.05) is 25.5 Å². The number of nitrogens with one attached hydrogen (secondary N) is 1. The Morgan fingerprint density at radius 1 is 1.50 bits per heavy atom. The first-order valence-corrected chi connectivity index (χ1v) is 6.72. The van der Waals surface area contributed by atoms with E-state index in [1.807, 2.05) is 18.2 Å². The fraction of sp³-hybridized carbons (Fsp3) is 0.500. The van der Waals surface area contributed by atoms with Gasteiger partial charge in [0.1, 0.15) is 0 Å². The van der Waals surface area contributed by atoms with E-state index in [1.165, 1.54) is 19.4 Å². The van der Waals surface area contributed by atoms with Crippen LogP contribution in [-0.4, -0.2) is 31.1 Å². The fourth-order valence-corrected chi connectivity index (χ4v) is 2.84. The molecule has 16 heavy (non-hydrogen) atoms. The first-order valence-electron chi connectivity index (χ1n) is 5.55. The molecule has 1 heterocycles. The normalized spacial score (nSPS) is 22.1. The van der Waals surface area contributed by atoms with E-state index in [0.29, 0.717) is 6.04 Å². The van der Waals surface area contributed by atoms with E-state index < -0.39 is 0 Å². The lowest BCUT2D eigenvalue weighted by Crippen LogP contribution is -2.39. The van der Waals surface area contributed by atoms with Gasteiger partial charge < -0.3 is 10.2 Å². The number of likely N-dealkylation sites (tertiary alicyclic amines) is 1. The van der Waals surface area contributed by atoms with Gasteiger partial charge in [-0.3, -0.25) is 0 Å². The molecule has 1 saturated heterocycles. The number of likely N-dealkylation sites (N-methyl/N-ethyl adjacent to an activating group) is 1. The summed E-state index contributed by atoms with van der Waals surface area (Å²) in [5, 5.41) is 4.29. The van der Waals surface area contributed by atoms with E-state index in [2.05, 4.69) is 33.2 Å². The predicted molar refractivity (Wildman–Crippen MR) is 73.3 cm³/mol. The highest BCUT2D eigenvalue weighted by Gasteiger charge is 2.17. The topological polar surface area (TPSA) is 15.3 Å². The van der Waals surface area contributed by atoms with Crippen molar-refractivity contribution in [2.45, 2.75) is 18.9 Å². The van der Waals surface area contributed by atoms with E-state index in [4.69, 9.17) is 11.6 Å². The molecule has 1 unspecified atom stereocenters. The molecule has 0 aromatic heterocycles. The molecule has 1 aliphatic heterocycles. The second-order valence-corrected chi connectivity index (χ2v) is 5.69. The van der Waals surface area contributed by atoms with Gasteiger partial charge in [-0.25, -0.2) is 0 Å². The van der Waals surface area contributed by atoms with Crippen molar-refractivity contribution in [3.05, 3.63) is 27.7 Å². The van der Waals surface area contributed by atoms with Crippen LogP contribution in [0.4, 0.5) is 5.69 Å². The van der Waals surface area contributed by atoms with Crippen LogP contribution in [0.3, 0.4) is 0 Å². The molecule has 4 heteroatoms. The molecule has 2 nitrogen and oxygen atoms in total. The van der Waals surface area contributed by atoms with Gasteiger partial charge in [-0.2, -0.15) is 0 Å². The summed E-state index contributed by atoms with van der Waals surface area (Å²) < 4.78 is 1.02. The van der Waals surface area contributed by atoms with Gasteiger partial charge in [0.2, 0.25) is 0 Å². The number of piperidine rings is 1. The summed E-state index contributed by atoms with van der Waals surface area (Å²) in [5.74, 6) is 0. The SMILES string of the molecule is CN1CCCC(Nc2ccc(Br)cc2Cl)C1. The molecule has 1 atom stereocenters. The minimum Gasteiger partial charge on any atom is -0.380 e. The summed E-state index contributed by atoms with van der Waals surface area (Å²) in [6.07, 6.45) is 2.47. The van der Waals surface area contributed by atoms with Crippen molar-refractivity contribution in [1.29, 1.82) is 0 Å². The maximum Gasteiger partial charge on any atom is 0.0648 e. The fourth-order valence-electron chi connectivity index (χ4n) is 2.11. The number of anilines is 1. The first-order chi connectivity index (χ1) is 7.65. The van der Waals surface area contributed by atoms with Crippen molar-refractivity contribution in [3.8, 4) is 0 Å². The Bertz CT molecular complexity index is 370.